The lowest BCUT2D eigenvalue weighted by Gasteiger charge is -2.61. The van der Waals surface area contributed by atoms with Crippen molar-refractivity contribution in [3.63, 3.8) is 0 Å². The number of anilines is 2. The first kappa shape index (κ1) is 18.3. The molecular weight excluding hydrogens is 394 g/mol. The highest BCUT2D eigenvalue weighted by atomic mass is 35.5. The molecule has 9 heteroatoms. The molecule has 2 fully saturated rings. The number of hydrogen-bond donors (Lipinski definition) is 0. The predicted molar refractivity (Wildman–Crippen MR) is 110 cm³/mol. The highest BCUT2D eigenvalue weighted by Crippen LogP contribution is 2.43. The third kappa shape index (κ3) is 2.93. The minimum absolute atomic E-state index is 0.000141. The summed E-state index contributed by atoms with van der Waals surface area (Å²) in [6.45, 7) is 5.46. The van der Waals surface area contributed by atoms with Gasteiger partial charge in [0.05, 0.1) is 18.1 Å². The van der Waals surface area contributed by atoms with Gasteiger partial charge in [-0.05, 0) is 19.1 Å². The van der Waals surface area contributed by atoms with Crippen LogP contribution in [0.4, 0.5) is 16.3 Å². The van der Waals surface area contributed by atoms with Gasteiger partial charge >= 0.3 is 6.03 Å². The lowest BCUT2D eigenvalue weighted by Crippen LogP contribution is -2.74. The van der Waals surface area contributed by atoms with E-state index in [4.69, 9.17) is 16.3 Å². The number of aryl methyl sites for hydroxylation is 1. The van der Waals surface area contributed by atoms with Gasteiger partial charge in [0, 0.05) is 55.8 Å². The number of likely N-dealkylation sites (tertiary alicyclic amines) is 1. The number of amides is 2. The summed E-state index contributed by atoms with van der Waals surface area (Å²) in [5, 5.41) is 0.590. The van der Waals surface area contributed by atoms with E-state index in [-0.39, 0.29) is 23.0 Å². The monoisotopic (exact) mass is 415 g/mol. The Hall–Kier alpha value is -2.74. The van der Waals surface area contributed by atoms with E-state index in [2.05, 4.69) is 9.88 Å². The summed E-state index contributed by atoms with van der Waals surface area (Å²) in [7, 11) is 1.69. The summed E-state index contributed by atoms with van der Waals surface area (Å²) in [5.41, 5.74) is 0.789. The molecule has 0 bridgehead atoms. The number of halogens is 1. The van der Waals surface area contributed by atoms with Crippen LogP contribution in [0, 0.1) is 5.41 Å². The van der Waals surface area contributed by atoms with Crippen molar-refractivity contribution < 1.29 is 9.53 Å². The average Bonchev–Trinajstić information content (AvgIpc) is 2.62. The second kappa shape index (κ2) is 6.38. The number of carbonyl (C=O) groups excluding carboxylic acids is 1. The molecule has 1 aromatic heterocycles. The summed E-state index contributed by atoms with van der Waals surface area (Å²) < 4.78 is 7.20. The Morgan fingerprint density at radius 2 is 2.00 bits per heavy atom. The van der Waals surface area contributed by atoms with Gasteiger partial charge < -0.3 is 19.1 Å². The number of rotatable bonds is 1. The van der Waals surface area contributed by atoms with Crippen LogP contribution in [0.3, 0.4) is 0 Å². The Labute approximate surface area is 173 Å². The minimum Gasteiger partial charge on any atom is -0.489 e. The van der Waals surface area contributed by atoms with Gasteiger partial charge in [-0.3, -0.25) is 9.69 Å². The van der Waals surface area contributed by atoms with E-state index in [0.717, 1.165) is 18.8 Å². The molecule has 2 amide bonds. The van der Waals surface area contributed by atoms with Crippen LogP contribution in [0.2, 0.25) is 5.02 Å². The number of fused-ring (bicyclic) bond motifs is 1. The number of carbonyl (C=O) groups is 1. The Morgan fingerprint density at radius 3 is 2.72 bits per heavy atom. The van der Waals surface area contributed by atoms with Gasteiger partial charge in [0.15, 0.2) is 0 Å². The second-order valence-corrected chi connectivity index (χ2v) is 8.77. The maximum atomic E-state index is 13.2. The van der Waals surface area contributed by atoms with Crippen LogP contribution >= 0.6 is 11.6 Å². The predicted octanol–water partition coefficient (Wildman–Crippen LogP) is 1.96. The molecule has 4 heterocycles. The van der Waals surface area contributed by atoms with E-state index < -0.39 is 0 Å². The Balaban J connectivity index is 1.25. The number of urea groups is 1. The lowest BCUT2D eigenvalue weighted by molar-refractivity contribution is 0.00854. The van der Waals surface area contributed by atoms with Gasteiger partial charge in [0.25, 0.3) is 5.56 Å². The summed E-state index contributed by atoms with van der Waals surface area (Å²) in [5.74, 6) is 1.35. The Bertz CT molecular complexity index is 1040. The first-order valence-electron chi connectivity index (χ1n) is 9.63. The fourth-order valence-corrected chi connectivity index (χ4v) is 4.58. The zero-order valence-corrected chi connectivity index (χ0v) is 17.1. The number of nitrogens with zero attached hydrogens (tertiary/aromatic N) is 5. The largest absolute Gasteiger partial charge is 0.489 e. The van der Waals surface area contributed by atoms with E-state index in [1.165, 1.54) is 4.57 Å². The molecule has 5 rings (SSSR count). The molecule has 1 atom stereocenters. The molecule has 0 radical (unpaired) electrons. The van der Waals surface area contributed by atoms with Crippen LogP contribution in [-0.4, -0.2) is 59.3 Å². The van der Waals surface area contributed by atoms with E-state index in [9.17, 15) is 9.59 Å². The Morgan fingerprint density at radius 1 is 1.24 bits per heavy atom. The quantitative estimate of drug-likeness (QED) is 0.712. The fraction of sp³-hybridized carbons (Fsp3) is 0.450. The van der Waals surface area contributed by atoms with Gasteiger partial charge in [-0.15, -0.1) is 0 Å². The van der Waals surface area contributed by atoms with Gasteiger partial charge in [-0.25, -0.2) is 9.78 Å². The standard InChI is InChI=1S/C20H22ClN5O3/c1-13-7-29-16-5-14(21)3-4-15(16)26(13)19(28)25-10-20(11-25)8-24(9-20)17-6-18(27)23(2)12-22-17/h3-6,12-13H,7-11H2,1-2H3. The first-order valence-corrected chi connectivity index (χ1v) is 10.0. The molecule has 1 unspecified atom stereocenters. The van der Waals surface area contributed by atoms with Crippen molar-refractivity contribution >= 4 is 29.1 Å². The van der Waals surface area contributed by atoms with Crippen LogP contribution in [0.25, 0.3) is 0 Å². The summed E-state index contributed by atoms with van der Waals surface area (Å²) in [6, 6.07) is 6.89. The minimum atomic E-state index is -0.0681. The van der Waals surface area contributed by atoms with Gasteiger partial charge in [-0.1, -0.05) is 11.6 Å². The number of hydrogen-bond acceptors (Lipinski definition) is 5. The fourth-order valence-electron chi connectivity index (χ4n) is 4.42. The maximum Gasteiger partial charge on any atom is 0.325 e. The van der Waals surface area contributed by atoms with Gasteiger partial charge in [0.1, 0.15) is 18.2 Å². The molecule has 152 valence electrons. The van der Waals surface area contributed by atoms with Crippen molar-refractivity contribution in [3.05, 3.63) is 46.0 Å². The highest BCUT2D eigenvalue weighted by Gasteiger charge is 2.54. The molecule has 0 N–H and O–H groups in total. The van der Waals surface area contributed by atoms with Crippen molar-refractivity contribution in [1.82, 2.24) is 14.5 Å². The normalized spacial score (nSPS) is 21.9. The average molecular weight is 416 g/mol. The van der Waals surface area contributed by atoms with Gasteiger partial charge in [0.2, 0.25) is 0 Å². The SMILES string of the molecule is CC1COc2cc(Cl)ccc2N1C(=O)N1CC2(C1)CN(c1cc(=O)n(C)cn1)C2. The van der Waals surface area contributed by atoms with Crippen molar-refractivity contribution in [2.75, 3.05) is 42.6 Å². The zero-order valence-electron chi connectivity index (χ0n) is 16.3. The van der Waals surface area contributed by atoms with E-state index in [1.54, 1.807) is 36.5 Å². The molecular formula is C20H22ClN5O3. The van der Waals surface area contributed by atoms with Crippen LogP contribution in [0.5, 0.6) is 5.75 Å². The van der Waals surface area contributed by atoms with Crippen molar-refractivity contribution in [3.8, 4) is 5.75 Å². The first-order chi connectivity index (χ1) is 13.8. The molecule has 0 aliphatic carbocycles. The Kier molecular flexibility index (Phi) is 4.03. The second-order valence-electron chi connectivity index (χ2n) is 8.33. The molecule has 3 aliphatic heterocycles. The van der Waals surface area contributed by atoms with E-state index in [0.29, 0.717) is 36.3 Å². The topological polar surface area (TPSA) is 70.9 Å². The van der Waals surface area contributed by atoms with Crippen LogP contribution in [-0.2, 0) is 7.05 Å². The van der Waals surface area contributed by atoms with Crippen molar-refractivity contribution in [2.45, 2.75) is 13.0 Å². The van der Waals surface area contributed by atoms with Crippen LogP contribution in [0.1, 0.15) is 6.92 Å². The summed E-state index contributed by atoms with van der Waals surface area (Å²) in [6.07, 6.45) is 1.54. The summed E-state index contributed by atoms with van der Waals surface area (Å²) >= 11 is 6.06. The number of ether oxygens (including phenoxy) is 1. The molecule has 2 saturated heterocycles. The molecule has 8 nitrogen and oxygen atoms in total. The molecule has 2 aromatic rings. The van der Waals surface area contributed by atoms with Crippen LogP contribution in [0.15, 0.2) is 35.4 Å². The molecule has 1 aromatic carbocycles. The van der Waals surface area contributed by atoms with Crippen molar-refractivity contribution in [2.24, 2.45) is 12.5 Å². The molecule has 1 spiro atoms. The third-order valence-corrected chi connectivity index (χ3v) is 6.21. The third-order valence-electron chi connectivity index (χ3n) is 5.97. The van der Waals surface area contributed by atoms with Crippen LogP contribution < -0.4 is 20.1 Å². The molecule has 3 aliphatic rings. The van der Waals surface area contributed by atoms with E-state index in [1.807, 2.05) is 17.9 Å². The maximum absolute atomic E-state index is 13.2. The highest BCUT2D eigenvalue weighted by molar-refractivity contribution is 6.30. The molecule has 0 saturated carbocycles. The van der Waals surface area contributed by atoms with Crippen molar-refractivity contribution in [1.29, 1.82) is 0 Å². The number of aromatic nitrogens is 2. The zero-order chi connectivity index (χ0) is 20.3. The lowest BCUT2D eigenvalue weighted by atomic mass is 9.73. The summed E-state index contributed by atoms with van der Waals surface area (Å²) in [4.78, 5) is 35.1. The number of benzene rings is 1. The van der Waals surface area contributed by atoms with E-state index >= 15 is 0 Å². The van der Waals surface area contributed by atoms with Gasteiger partial charge in [-0.2, -0.15) is 0 Å². The smallest absolute Gasteiger partial charge is 0.325 e. The molecule has 29 heavy (non-hydrogen) atoms.